The Kier molecular flexibility index (Phi) is 13.0. The Morgan fingerprint density at radius 3 is 2.18 bits per heavy atom. The number of benzene rings is 3. The molecule has 322 valence electrons. The lowest BCUT2D eigenvalue weighted by atomic mass is 9.97. The van der Waals surface area contributed by atoms with Crippen molar-refractivity contribution < 1.29 is 32.6 Å². The molecule has 0 unspecified atom stereocenters. The van der Waals surface area contributed by atoms with Gasteiger partial charge in [-0.05, 0) is 71.7 Å². The number of aromatic amines is 1. The fraction of sp³-hybridized carbons (Fsp3) is 0.409. The molecular weight excluding hydrogens is 802 g/mol. The number of aliphatic hydroxyl groups is 2. The summed E-state index contributed by atoms with van der Waals surface area (Å²) in [6.45, 7) is 4.50. The second-order valence-corrected chi connectivity index (χ2v) is 18.3. The van der Waals surface area contributed by atoms with Gasteiger partial charge in [0, 0.05) is 88.5 Å². The first-order valence-corrected chi connectivity index (χ1v) is 22.4. The molecule has 0 aliphatic carbocycles. The zero-order chi connectivity index (χ0) is 42.5. The monoisotopic (exact) mass is 853 g/mol. The number of sulfonamides is 1. The number of aliphatic hydroxyl groups excluding tert-OH is 2. The van der Waals surface area contributed by atoms with E-state index in [1.165, 1.54) is 33.9 Å². The van der Waals surface area contributed by atoms with Gasteiger partial charge in [-0.3, -0.25) is 19.4 Å². The van der Waals surface area contributed by atoms with Crippen molar-refractivity contribution in [3.63, 3.8) is 0 Å². The Balaban J connectivity index is 0.752. The highest BCUT2D eigenvalue weighted by atomic mass is 32.2. The Bertz CT molecular complexity index is 2480. The summed E-state index contributed by atoms with van der Waals surface area (Å²) in [5.74, 6) is -0.876. The molecule has 8 rings (SSSR count). The summed E-state index contributed by atoms with van der Waals surface area (Å²) in [6, 6.07) is 21.7. The van der Waals surface area contributed by atoms with E-state index in [4.69, 9.17) is 0 Å². The number of carbonyl (C=O) groups excluding carboxylic acids is 2. The van der Waals surface area contributed by atoms with E-state index in [0.717, 1.165) is 36.2 Å². The van der Waals surface area contributed by atoms with E-state index in [2.05, 4.69) is 52.8 Å². The highest BCUT2D eigenvalue weighted by Gasteiger charge is 2.29. The predicted molar refractivity (Wildman–Crippen MR) is 229 cm³/mol. The summed E-state index contributed by atoms with van der Waals surface area (Å²) in [5.41, 5.74) is 6.40. The minimum Gasteiger partial charge on any atom is -0.390 e. The third-order valence-corrected chi connectivity index (χ3v) is 13.7. The summed E-state index contributed by atoms with van der Waals surface area (Å²) in [6.07, 6.45) is 2.53. The van der Waals surface area contributed by atoms with Crippen molar-refractivity contribution in [1.29, 1.82) is 0 Å². The molecule has 17 heteroatoms. The lowest BCUT2D eigenvalue weighted by Gasteiger charge is -2.32. The molecule has 5 heterocycles. The SMILES string of the molecule is O=C(NC[C@H](O)CN1CCc2ccccc2C1)c1cc(NC2CCN(S(=O)(=O)Cc3ccc4c(c3)CCN(C[C@@H](O)CNC(=O)c3cc5c(F)cccc5[nH]3)C4)CC2)ncn1. The maximum atomic E-state index is 14.0. The number of amides is 2. The average Bonchev–Trinajstić information content (AvgIpc) is 3.71. The van der Waals surface area contributed by atoms with Crippen LogP contribution in [-0.2, 0) is 41.7 Å². The molecule has 2 atom stereocenters. The van der Waals surface area contributed by atoms with Gasteiger partial charge in [-0.15, -0.1) is 0 Å². The first kappa shape index (κ1) is 42.4. The Morgan fingerprint density at radius 2 is 1.46 bits per heavy atom. The van der Waals surface area contributed by atoms with Crippen LogP contribution in [0.25, 0.3) is 10.9 Å². The number of fused-ring (bicyclic) bond motifs is 3. The van der Waals surface area contributed by atoms with Gasteiger partial charge in [0.25, 0.3) is 11.8 Å². The van der Waals surface area contributed by atoms with Gasteiger partial charge in [0.2, 0.25) is 10.0 Å². The van der Waals surface area contributed by atoms with Crippen LogP contribution in [0, 0.1) is 5.82 Å². The fourth-order valence-corrected chi connectivity index (χ4v) is 10.1. The number of carbonyl (C=O) groups is 2. The van der Waals surface area contributed by atoms with E-state index in [9.17, 15) is 32.6 Å². The second kappa shape index (κ2) is 18.8. The van der Waals surface area contributed by atoms with Crippen molar-refractivity contribution in [2.75, 3.05) is 57.7 Å². The molecule has 0 radical (unpaired) electrons. The molecule has 3 aliphatic rings. The van der Waals surface area contributed by atoms with Crippen LogP contribution in [0.1, 0.15) is 61.6 Å². The number of β-amino-alcohol motifs (C(OH)–C–C–N with tert-alkyl or cyclic N) is 2. The van der Waals surface area contributed by atoms with Gasteiger partial charge in [0.15, 0.2) is 0 Å². The van der Waals surface area contributed by atoms with Gasteiger partial charge in [-0.2, -0.15) is 0 Å². The molecule has 0 bridgehead atoms. The lowest BCUT2D eigenvalue weighted by Crippen LogP contribution is -2.43. The number of piperidine rings is 1. The topological polar surface area (TPSA) is 196 Å². The number of anilines is 1. The molecule has 0 spiro atoms. The van der Waals surface area contributed by atoms with Crippen LogP contribution in [0.15, 0.2) is 79.1 Å². The van der Waals surface area contributed by atoms with Gasteiger partial charge in [0.05, 0.1) is 18.0 Å². The number of hydrogen-bond donors (Lipinski definition) is 6. The number of hydrogen-bond acceptors (Lipinski definition) is 11. The molecule has 6 N–H and O–H groups in total. The van der Waals surface area contributed by atoms with Crippen LogP contribution >= 0.6 is 0 Å². The molecule has 5 aromatic rings. The predicted octanol–water partition coefficient (Wildman–Crippen LogP) is 2.80. The standard InChI is InChI=1S/C44H52FN9O6S/c45-38-6-3-7-39-37(38)19-41(51-39)44(58)47-22-36(56)26-53-15-11-31-18-29(8-9-33(31)24-53)27-61(59,60)54-16-12-34(13-17-54)50-42-20-40(48-28-49-42)43(57)46-21-35(55)25-52-14-10-30-4-1-2-5-32(30)23-52/h1-9,18-20,28,34-36,51,55-56H,10-17,21-27H2,(H,46,57)(H,47,58)(H,48,49,50)/t35-,36-/m0/s1. The minimum absolute atomic E-state index is 0.0349. The third-order valence-electron chi connectivity index (χ3n) is 11.8. The summed E-state index contributed by atoms with van der Waals surface area (Å²) in [5, 5.41) is 30.5. The van der Waals surface area contributed by atoms with Crippen LogP contribution < -0.4 is 16.0 Å². The van der Waals surface area contributed by atoms with E-state index >= 15 is 0 Å². The normalized spacial score (nSPS) is 17.6. The quantitative estimate of drug-likeness (QED) is 0.0907. The van der Waals surface area contributed by atoms with Crippen LogP contribution in [-0.4, -0.2) is 130 Å². The molecule has 2 amide bonds. The van der Waals surface area contributed by atoms with Crippen LogP contribution in [0.3, 0.4) is 0 Å². The highest BCUT2D eigenvalue weighted by Crippen LogP contribution is 2.25. The van der Waals surface area contributed by atoms with Crippen molar-refractivity contribution in [2.45, 2.75) is 62.8 Å². The molecule has 0 saturated carbocycles. The van der Waals surface area contributed by atoms with E-state index in [1.54, 1.807) is 18.2 Å². The van der Waals surface area contributed by atoms with Gasteiger partial charge < -0.3 is 31.1 Å². The molecule has 1 fully saturated rings. The largest absolute Gasteiger partial charge is 0.390 e. The van der Waals surface area contributed by atoms with Crippen LogP contribution in [0.5, 0.6) is 0 Å². The number of aromatic nitrogens is 3. The van der Waals surface area contributed by atoms with Crippen molar-refractivity contribution in [1.82, 2.24) is 39.7 Å². The van der Waals surface area contributed by atoms with Crippen LogP contribution in [0.2, 0.25) is 0 Å². The van der Waals surface area contributed by atoms with Gasteiger partial charge in [0.1, 0.15) is 29.4 Å². The number of nitrogens with zero attached hydrogens (tertiary/aromatic N) is 5. The maximum absolute atomic E-state index is 14.0. The Labute approximate surface area is 354 Å². The first-order valence-electron chi connectivity index (χ1n) is 20.8. The van der Waals surface area contributed by atoms with Crippen molar-refractivity contribution in [3.8, 4) is 0 Å². The zero-order valence-corrected chi connectivity index (χ0v) is 34.7. The summed E-state index contributed by atoms with van der Waals surface area (Å²) in [4.78, 5) is 41.2. The first-order chi connectivity index (χ1) is 29.5. The number of rotatable bonds is 15. The molecule has 3 aliphatic heterocycles. The van der Waals surface area contributed by atoms with Crippen LogP contribution in [0.4, 0.5) is 10.2 Å². The van der Waals surface area contributed by atoms with Crippen molar-refractivity contribution in [2.24, 2.45) is 0 Å². The number of halogens is 1. The van der Waals surface area contributed by atoms with Gasteiger partial charge >= 0.3 is 0 Å². The van der Waals surface area contributed by atoms with E-state index in [1.807, 2.05) is 30.3 Å². The maximum Gasteiger partial charge on any atom is 0.270 e. The summed E-state index contributed by atoms with van der Waals surface area (Å²) < 4.78 is 42.7. The number of H-pyrrole nitrogens is 1. The smallest absolute Gasteiger partial charge is 0.270 e. The second-order valence-electron chi connectivity index (χ2n) is 16.3. The Morgan fingerprint density at radius 1 is 0.787 bits per heavy atom. The van der Waals surface area contributed by atoms with E-state index in [0.29, 0.717) is 75.3 Å². The Hall–Kier alpha value is -5.30. The molecule has 61 heavy (non-hydrogen) atoms. The molecule has 15 nitrogen and oxygen atoms in total. The summed E-state index contributed by atoms with van der Waals surface area (Å²) >= 11 is 0. The van der Waals surface area contributed by atoms with Crippen molar-refractivity contribution in [3.05, 3.63) is 124 Å². The zero-order valence-electron chi connectivity index (χ0n) is 33.9. The van der Waals surface area contributed by atoms with E-state index < -0.39 is 39.9 Å². The minimum atomic E-state index is -3.58. The molecular formula is C44H52FN9O6S. The molecule has 3 aromatic carbocycles. The summed E-state index contributed by atoms with van der Waals surface area (Å²) in [7, 11) is -3.58. The van der Waals surface area contributed by atoms with E-state index in [-0.39, 0.29) is 36.3 Å². The number of nitrogens with one attached hydrogen (secondary N) is 4. The highest BCUT2D eigenvalue weighted by molar-refractivity contribution is 7.88. The average molecular weight is 854 g/mol. The lowest BCUT2D eigenvalue weighted by molar-refractivity contribution is 0.0836. The molecule has 2 aromatic heterocycles. The third kappa shape index (κ3) is 10.6. The van der Waals surface area contributed by atoms with Gasteiger partial charge in [-0.1, -0.05) is 48.5 Å². The van der Waals surface area contributed by atoms with Crippen molar-refractivity contribution >= 4 is 38.6 Å². The fourth-order valence-electron chi connectivity index (χ4n) is 8.54. The molecule has 1 saturated heterocycles. The van der Waals surface area contributed by atoms with Gasteiger partial charge in [-0.25, -0.2) is 27.1 Å².